The molecule has 6 heteroatoms. The van der Waals surface area contributed by atoms with Crippen LogP contribution >= 0.6 is 0 Å². The van der Waals surface area contributed by atoms with Crippen molar-refractivity contribution in [1.29, 1.82) is 0 Å². The minimum Gasteiger partial charge on any atom is -0.361 e. The van der Waals surface area contributed by atoms with Gasteiger partial charge in [-0.2, -0.15) is 0 Å². The molecule has 6 nitrogen and oxygen atoms in total. The van der Waals surface area contributed by atoms with Gasteiger partial charge in [0.15, 0.2) is 0 Å². The number of aromatic nitrogens is 2. The van der Waals surface area contributed by atoms with E-state index in [2.05, 4.69) is 15.3 Å². The summed E-state index contributed by atoms with van der Waals surface area (Å²) in [6, 6.07) is 1.34. The maximum atomic E-state index is 11.3. The predicted octanol–water partition coefficient (Wildman–Crippen LogP) is -0.168. The average Bonchev–Trinajstić information content (AvgIpc) is 2.24. The number of aromatic amines is 1. The van der Waals surface area contributed by atoms with E-state index >= 15 is 0 Å². The molecule has 0 atom stereocenters. The fraction of sp³-hybridized carbons (Fsp3) is 0.500. The largest absolute Gasteiger partial charge is 0.361 e. The van der Waals surface area contributed by atoms with E-state index in [1.54, 1.807) is 14.1 Å². The van der Waals surface area contributed by atoms with Crippen molar-refractivity contribution in [2.24, 2.45) is 0 Å². The maximum Gasteiger partial charge on any atom is 0.252 e. The van der Waals surface area contributed by atoms with E-state index in [0.29, 0.717) is 18.1 Å². The van der Waals surface area contributed by atoms with E-state index < -0.39 is 0 Å². The van der Waals surface area contributed by atoms with Crippen molar-refractivity contribution in [3.63, 3.8) is 0 Å². The number of carbonyl (C=O) groups is 1. The van der Waals surface area contributed by atoms with Crippen LogP contribution in [0.15, 0.2) is 10.9 Å². The lowest BCUT2D eigenvalue weighted by Crippen LogP contribution is -2.29. The molecule has 0 unspecified atom stereocenters. The average molecular weight is 224 g/mol. The van der Waals surface area contributed by atoms with Crippen molar-refractivity contribution in [2.45, 2.75) is 13.3 Å². The molecular weight excluding hydrogens is 208 g/mol. The Bertz CT molecular complexity index is 425. The van der Waals surface area contributed by atoms with Gasteiger partial charge in [-0.25, -0.2) is 4.98 Å². The number of amides is 1. The highest BCUT2D eigenvalue weighted by Gasteiger charge is 2.05. The molecule has 1 amide bonds. The Morgan fingerprint density at radius 1 is 1.56 bits per heavy atom. The lowest BCUT2D eigenvalue weighted by molar-refractivity contribution is -0.126. The number of nitrogens with one attached hydrogen (secondary N) is 2. The minimum absolute atomic E-state index is 0.0693. The molecule has 0 aliphatic carbocycles. The summed E-state index contributed by atoms with van der Waals surface area (Å²) < 4.78 is 0. The number of nitrogens with zero attached hydrogens (tertiary/aromatic N) is 2. The molecule has 2 N–H and O–H groups in total. The zero-order chi connectivity index (χ0) is 12.1. The van der Waals surface area contributed by atoms with Crippen LogP contribution in [0, 0.1) is 0 Å². The first-order valence-electron chi connectivity index (χ1n) is 5.07. The van der Waals surface area contributed by atoms with Crippen LogP contribution in [-0.4, -0.2) is 41.4 Å². The summed E-state index contributed by atoms with van der Waals surface area (Å²) in [5.74, 6) is 0.961. The normalized spacial score (nSPS) is 9.94. The molecule has 0 fully saturated rings. The van der Waals surface area contributed by atoms with Gasteiger partial charge in [0.25, 0.3) is 5.56 Å². The van der Waals surface area contributed by atoms with E-state index in [0.717, 1.165) is 0 Å². The summed E-state index contributed by atoms with van der Waals surface area (Å²) in [7, 11) is 3.35. The van der Waals surface area contributed by atoms with E-state index in [9.17, 15) is 9.59 Å². The van der Waals surface area contributed by atoms with Gasteiger partial charge in [-0.15, -0.1) is 0 Å². The number of hydrogen-bond donors (Lipinski definition) is 2. The summed E-state index contributed by atoms with van der Waals surface area (Å²) >= 11 is 0. The highest BCUT2D eigenvalue weighted by atomic mass is 16.2. The molecule has 0 saturated carbocycles. The molecule has 1 rings (SSSR count). The van der Waals surface area contributed by atoms with Crippen LogP contribution in [0.5, 0.6) is 0 Å². The zero-order valence-electron chi connectivity index (χ0n) is 9.70. The Balaban J connectivity index is 2.70. The molecule has 1 heterocycles. The van der Waals surface area contributed by atoms with E-state index in [4.69, 9.17) is 0 Å². The van der Waals surface area contributed by atoms with Crippen LogP contribution in [0.1, 0.15) is 12.7 Å². The summed E-state index contributed by atoms with van der Waals surface area (Å²) in [6.45, 7) is 2.03. The second-order valence-electron chi connectivity index (χ2n) is 3.57. The van der Waals surface area contributed by atoms with Gasteiger partial charge in [0.1, 0.15) is 11.6 Å². The number of aryl methyl sites for hydroxylation is 1. The molecule has 0 saturated heterocycles. The number of carbonyl (C=O) groups excluding carboxylic acids is 1. The van der Waals surface area contributed by atoms with Crippen LogP contribution in [0.3, 0.4) is 0 Å². The molecule has 0 radical (unpaired) electrons. The van der Waals surface area contributed by atoms with E-state index in [1.807, 2.05) is 6.92 Å². The Hall–Kier alpha value is -1.85. The Morgan fingerprint density at radius 2 is 2.25 bits per heavy atom. The molecule has 1 aromatic heterocycles. The third-order valence-corrected chi connectivity index (χ3v) is 2.05. The van der Waals surface area contributed by atoms with E-state index in [1.165, 1.54) is 11.0 Å². The first kappa shape index (κ1) is 12.2. The van der Waals surface area contributed by atoms with Crippen LogP contribution in [0.2, 0.25) is 0 Å². The van der Waals surface area contributed by atoms with Crippen molar-refractivity contribution in [2.75, 3.05) is 26.0 Å². The van der Waals surface area contributed by atoms with Gasteiger partial charge in [0.2, 0.25) is 5.91 Å². The van der Waals surface area contributed by atoms with E-state index in [-0.39, 0.29) is 18.0 Å². The van der Waals surface area contributed by atoms with Gasteiger partial charge in [0.05, 0.1) is 6.54 Å². The van der Waals surface area contributed by atoms with Gasteiger partial charge in [-0.05, 0) is 0 Å². The van der Waals surface area contributed by atoms with Crippen LogP contribution < -0.4 is 10.9 Å². The molecule has 16 heavy (non-hydrogen) atoms. The number of likely N-dealkylation sites (N-methyl/N-ethyl adjacent to an activating group) is 1. The number of anilines is 1. The quantitative estimate of drug-likeness (QED) is 0.744. The van der Waals surface area contributed by atoms with Gasteiger partial charge in [-0.1, -0.05) is 6.92 Å². The molecule has 88 valence electrons. The highest BCUT2D eigenvalue weighted by molar-refractivity contribution is 5.79. The monoisotopic (exact) mass is 224 g/mol. The Morgan fingerprint density at radius 3 is 2.81 bits per heavy atom. The molecule has 0 spiro atoms. The molecule has 0 aliphatic rings. The third kappa shape index (κ3) is 3.38. The zero-order valence-corrected chi connectivity index (χ0v) is 9.70. The van der Waals surface area contributed by atoms with Crippen molar-refractivity contribution < 1.29 is 4.79 Å². The van der Waals surface area contributed by atoms with Gasteiger partial charge in [-0.3, -0.25) is 9.59 Å². The Labute approximate surface area is 93.7 Å². The molecule has 1 aromatic rings. The SMILES string of the molecule is CCc1nc(NCC(=O)N(C)C)cc(=O)[nH]1. The Kier molecular flexibility index (Phi) is 4.04. The molecular formula is C10H16N4O2. The predicted molar refractivity (Wildman–Crippen MR) is 61.4 cm³/mol. The van der Waals surface area contributed by atoms with Crippen molar-refractivity contribution in [3.05, 3.63) is 22.2 Å². The third-order valence-electron chi connectivity index (χ3n) is 2.05. The fourth-order valence-corrected chi connectivity index (χ4v) is 1.09. The van der Waals surface area contributed by atoms with Gasteiger partial charge < -0.3 is 15.2 Å². The smallest absolute Gasteiger partial charge is 0.252 e. The second kappa shape index (κ2) is 5.29. The lowest BCUT2D eigenvalue weighted by atomic mass is 10.4. The van der Waals surface area contributed by atoms with Gasteiger partial charge >= 0.3 is 0 Å². The summed E-state index contributed by atoms with van der Waals surface area (Å²) in [6.07, 6.45) is 0.645. The fourth-order valence-electron chi connectivity index (χ4n) is 1.09. The van der Waals surface area contributed by atoms with Crippen LogP contribution in [-0.2, 0) is 11.2 Å². The molecule has 0 bridgehead atoms. The number of H-pyrrole nitrogens is 1. The first-order valence-corrected chi connectivity index (χ1v) is 5.07. The maximum absolute atomic E-state index is 11.3. The summed E-state index contributed by atoms with van der Waals surface area (Å²) in [4.78, 5) is 30.7. The highest BCUT2D eigenvalue weighted by Crippen LogP contribution is 1.98. The lowest BCUT2D eigenvalue weighted by Gasteiger charge is -2.11. The van der Waals surface area contributed by atoms with Gasteiger partial charge in [0, 0.05) is 26.6 Å². The number of hydrogen-bond acceptors (Lipinski definition) is 4. The molecule has 0 aromatic carbocycles. The standard InChI is InChI=1S/C10H16N4O2/c1-4-7-12-8(5-9(15)13-7)11-6-10(16)14(2)3/h5H,4,6H2,1-3H3,(H2,11,12,13,15). The van der Waals surface area contributed by atoms with Crippen LogP contribution in [0.25, 0.3) is 0 Å². The van der Waals surface area contributed by atoms with Crippen molar-refractivity contribution in [1.82, 2.24) is 14.9 Å². The second-order valence-corrected chi connectivity index (χ2v) is 3.57. The summed E-state index contributed by atoms with van der Waals surface area (Å²) in [5.41, 5.74) is -0.216. The topological polar surface area (TPSA) is 78.1 Å². The molecule has 0 aliphatic heterocycles. The van der Waals surface area contributed by atoms with Crippen molar-refractivity contribution >= 4 is 11.7 Å². The minimum atomic E-state index is -0.216. The summed E-state index contributed by atoms with van der Waals surface area (Å²) in [5, 5.41) is 2.82. The van der Waals surface area contributed by atoms with Crippen LogP contribution in [0.4, 0.5) is 5.82 Å². The van der Waals surface area contributed by atoms with Crippen molar-refractivity contribution in [3.8, 4) is 0 Å². The number of rotatable bonds is 4. The first-order chi connectivity index (χ1) is 7.52.